The standard InChI is InChI=1S/C26H24ClFN2O4S/c1-35(32,33)21-5-6-22(17-3-2-4-20(28)11-17)23(14-21)26(31)30-15-18-12-24(27)25(13-19(18)16-30)29-7-9-34-10-8-29/h2-6,11-14H,7-10,15-16H2,1H3. The third-order valence-electron chi connectivity index (χ3n) is 6.42. The summed E-state index contributed by atoms with van der Waals surface area (Å²) < 4.78 is 43.8. The summed E-state index contributed by atoms with van der Waals surface area (Å²) >= 11 is 6.59. The molecule has 2 heterocycles. The van der Waals surface area contributed by atoms with Gasteiger partial charge in [0.15, 0.2) is 9.84 Å². The number of amides is 1. The Labute approximate surface area is 208 Å². The number of sulfone groups is 1. The van der Waals surface area contributed by atoms with E-state index in [0.29, 0.717) is 42.5 Å². The van der Waals surface area contributed by atoms with E-state index in [0.717, 1.165) is 36.2 Å². The number of carbonyl (C=O) groups is 1. The van der Waals surface area contributed by atoms with Crippen LogP contribution in [0.3, 0.4) is 0 Å². The number of carbonyl (C=O) groups excluding carboxylic acids is 1. The normalized spacial score (nSPS) is 15.9. The molecule has 3 aromatic carbocycles. The van der Waals surface area contributed by atoms with Crippen molar-refractivity contribution in [3.8, 4) is 11.1 Å². The molecule has 9 heteroatoms. The highest BCUT2D eigenvalue weighted by molar-refractivity contribution is 7.90. The van der Waals surface area contributed by atoms with E-state index >= 15 is 0 Å². The molecule has 1 fully saturated rings. The maximum Gasteiger partial charge on any atom is 0.255 e. The Kier molecular flexibility index (Phi) is 6.29. The summed E-state index contributed by atoms with van der Waals surface area (Å²) in [4.78, 5) is 17.6. The van der Waals surface area contributed by atoms with E-state index in [1.165, 1.54) is 24.3 Å². The minimum atomic E-state index is -3.54. The summed E-state index contributed by atoms with van der Waals surface area (Å²) in [6, 6.07) is 14.2. The van der Waals surface area contributed by atoms with Crippen LogP contribution in [0.25, 0.3) is 11.1 Å². The van der Waals surface area contributed by atoms with E-state index in [9.17, 15) is 17.6 Å². The molecule has 0 N–H and O–H groups in total. The SMILES string of the molecule is CS(=O)(=O)c1ccc(-c2cccc(F)c2)c(C(=O)N2Cc3cc(Cl)c(N4CCOCC4)cc3C2)c1. The molecule has 2 aliphatic rings. The smallest absolute Gasteiger partial charge is 0.255 e. The molecule has 182 valence electrons. The molecule has 1 saturated heterocycles. The fourth-order valence-electron chi connectivity index (χ4n) is 4.61. The highest BCUT2D eigenvalue weighted by atomic mass is 35.5. The second kappa shape index (κ2) is 9.26. The van der Waals surface area contributed by atoms with Gasteiger partial charge in [0.25, 0.3) is 5.91 Å². The average molecular weight is 515 g/mol. The molecule has 0 aliphatic carbocycles. The Balaban J connectivity index is 1.50. The predicted octanol–water partition coefficient (Wildman–Crippen LogP) is 4.54. The van der Waals surface area contributed by atoms with E-state index in [2.05, 4.69) is 4.90 Å². The average Bonchev–Trinajstić information content (AvgIpc) is 3.25. The van der Waals surface area contributed by atoms with Gasteiger partial charge in [-0.3, -0.25) is 4.79 Å². The van der Waals surface area contributed by atoms with Crippen molar-refractivity contribution in [1.82, 2.24) is 4.90 Å². The number of hydrogen-bond donors (Lipinski definition) is 0. The second-order valence-electron chi connectivity index (χ2n) is 8.82. The number of anilines is 1. The van der Waals surface area contributed by atoms with Gasteiger partial charge in [-0.2, -0.15) is 0 Å². The van der Waals surface area contributed by atoms with Crippen molar-refractivity contribution in [2.75, 3.05) is 37.5 Å². The van der Waals surface area contributed by atoms with Crippen LogP contribution in [0, 0.1) is 5.82 Å². The van der Waals surface area contributed by atoms with Crippen molar-refractivity contribution < 1.29 is 22.3 Å². The first-order chi connectivity index (χ1) is 16.7. The number of halogens is 2. The number of rotatable bonds is 4. The Bertz CT molecular complexity index is 1420. The minimum absolute atomic E-state index is 0.0374. The second-order valence-corrected chi connectivity index (χ2v) is 11.2. The molecular weight excluding hydrogens is 491 g/mol. The summed E-state index contributed by atoms with van der Waals surface area (Å²) in [5.74, 6) is -0.762. The zero-order valence-electron chi connectivity index (χ0n) is 19.1. The first kappa shape index (κ1) is 23.8. The highest BCUT2D eigenvalue weighted by Crippen LogP contribution is 2.36. The lowest BCUT2D eigenvalue weighted by Crippen LogP contribution is -2.36. The van der Waals surface area contributed by atoms with E-state index in [-0.39, 0.29) is 16.4 Å². The topological polar surface area (TPSA) is 66.9 Å². The van der Waals surface area contributed by atoms with Gasteiger partial charge in [0.05, 0.1) is 28.8 Å². The largest absolute Gasteiger partial charge is 0.378 e. The van der Waals surface area contributed by atoms with Crippen LogP contribution < -0.4 is 4.90 Å². The van der Waals surface area contributed by atoms with Crippen LogP contribution in [-0.4, -0.2) is 51.8 Å². The molecule has 1 amide bonds. The van der Waals surface area contributed by atoms with E-state index in [1.54, 1.807) is 23.1 Å². The third-order valence-corrected chi connectivity index (χ3v) is 7.83. The lowest BCUT2D eigenvalue weighted by molar-refractivity contribution is 0.0752. The first-order valence-corrected chi connectivity index (χ1v) is 13.5. The maximum absolute atomic E-state index is 13.9. The van der Waals surface area contributed by atoms with Crippen LogP contribution in [0.2, 0.25) is 5.02 Å². The van der Waals surface area contributed by atoms with Crippen LogP contribution in [-0.2, 0) is 27.7 Å². The predicted molar refractivity (Wildman–Crippen MR) is 133 cm³/mol. The summed E-state index contributed by atoms with van der Waals surface area (Å²) in [6.45, 7) is 3.49. The Morgan fingerprint density at radius 3 is 2.40 bits per heavy atom. The molecule has 0 spiro atoms. The van der Waals surface area contributed by atoms with Gasteiger partial charge in [0.2, 0.25) is 0 Å². The molecule has 0 atom stereocenters. The van der Waals surface area contributed by atoms with Crippen LogP contribution in [0.4, 0.5) is 10.1 Å². The number of ether oxygens (including phenoxy) is 1. The van der Waals surface area contributed by atoms with Gasteiger partial charge in [-0.25, -0.2) is 12.8 Å². The molecule has 2 aliphatic heterocycles. The Hall–Kier alpha value is -2.94. The third kappa shape index (κ3) is 4.78. The number of benzene rings is 3. The number of hydrogen-bond acceptors (Lipinski definition) is 5. The summed E-state index contributed by atoms with van der Waals surface area (Å²) in [5.41, 5.74) is 4.06. The molecule has 6 nitrogen and oxygen atoms in total. The first-order valence-electron chi connectivity index (χ1n) is 11.2. The van der Waals surface area contributed by atoms with Gasteiger partial charge in [0, 0.05) is 38.0 Å². The minimum Gasteiger partial charge on any atom is -0.378 e. The van der Waals surface area contributed by atoms with Gasteiger partial charge in [-0.05, 0) is 58.7 Å². The molecule has 0 saturated carbocycles. The summed E-state index contributed by atoms with van der Waals surface area (Å²) in [7, 11) is -3.54. The monoisotopic (exact) mass is 514 g/mol. The van der Waals surface area contributed by atoms with Crippen molar-refractivity contribution in [1.29, 1.82) is 0 Å². The molecule has 0 radical (unpaired) electrons. The summed E-state index contributed by atoms with van der Waals surface area (Å²) in [5, 5.41) is 0.625. The zero-order chi connectivity index (χ0) is 24.7. The highest BCUT2D eigenvalue weighted by Gasteiger charge is 2.29. The molecule has 0 bridgehead atoms. The van der Waals surface area contributed by atoms with Crippen molar-refractivity contribution in [3.63, 3.8) is 0 Å². The number of nitrogens with zero attached hydrogens (tertiary/aromatic N) is 2. The van der Waals surface area contributed by atoms with E-state index < -0.39 is 15.7 Å². The van der Waals surface area contributed by atoms with E-state index in [1.807, 2.05) is 12.1 Å². The van der Waals surface area contributed by atoms with Crippen LogP contribution >= 0.6 is 11.6 Å². The molecule has 0 unspecified atom stereocenters. The van der Waals surface area contributed by atoms with Crippen LogP contribution in [0.5, 0.6) is 0 Å². The van der Waals surface area contributed by atoms with Gasteiger partial charge >= 0.3 is 0 Å². The maximum atomic E-state index is 13.9. The zero-order valence-corrected chi connectivity index (χ0v) is 20.7. The fraction of sp³-hybridized carbons (Fsp3) is 0.269. The Morgan fingerprint density at radius 2 is 1.71 bits per heavy atom. The summed E-state index contributed by atoms with van der Waals surface area (Å²) in [6.07, 6.45) is 1.10. The number of morpholine rings is 1. The molecule has 35 heavy (non-hydrogen) atoms. The Morgan fingerprint density at radius 1 is 1.00 bits per heavy atom. The van der Waals surface area contributed by atoms with Gasteiger partial charge in [-0.1, -0.05) is 29.8 Å². The number of fused-ring (bicyclic) bond motifs is 1. The molecule has 0 aromatic heterocycles. The van der Waals surface area contributed by atoms with Crippen molar-refractivity contribution in [2.24, 2.45) is 0 Å². The molecule has 3 aromatic rings. The van der Waals surface area contributed by atoms with Gasteiger partial charge in [-0.15, -0.1) is 0 Å². The quantitative estimate of drug-likeness (QED) is 0.511. The lowest BCUT2D eigenvalue weighted by atomic mass is 9.98. The fourth-order valence-corrected chi connectivity index (χ4v) is 5.56. The molecular formula is C26H24ClFN2O4S. The van der Waals surface area contributed by atoms with Crippen LogP contribution in [0.15, 0.2) is 59.5 Å². The van der Waals surface area contributed by atoms with E-state index in [4.69, 9.17) is 16.3 Å². The van der Waals surface area contributed by atoms with Crippen molar-refractivity contribution in [2.45, 2.75) is 18.0 Å². The lowest BCUT2D eigenvalue weighted by Gasteiger charge is -2.30. The van der Waals surface area contributed by atoms with Crippen LogP contribution in [0.1, 0.15) is 21.5 Å². The van der Waals surface area contributed by atoms with Gasteiger partial charge in [0.1, 0.15) is 5.82 Å². The van der Waals surface area contributed by atoms with Gasteiger partial charge < -0.3 is 14.5 Å². The molecule has 5 rings (SSSR count). The van der Waals surface area contributed by atoms with Crippen molar-refractivity contribution in [3.05, 3.63) is 82.1 Å². The van der Waals surface area contributed by atoms with Crippen molar-refractivity contribution >= 4 is 33.0 Å².